The normalized spacial score (nSPS) is 12.0. The summed E-state index contributed by atoms with van der Waals surface area (Å²) in [6.45, 7) is 10.8. The Hall–Kier alpha value is -5.78. The average Bonchev–Trinajstić information content (AvgIpc) is 3.11. The minimum atomic E-state index is -0.573. The lowest BCUT2D eigenvalue weighted by molar-refractivity contribution is 0.102. The summed E-state index contributed by atoms with van der Waals surface area (Å²) < 4.78 is 6.54. The second kappa shape index (κ2) is 12.9. The second-order valence-corrected chi connectivity index (χ2v) is 13.9. The van der Waals surface area contributed by atoms with E-state index in [1.807, 2.05) is 54.6 Å². The quantitative estimate of drug-likeness (QED) is 0.104. The topological polar surface area (TPSA) is 100 Å². The lowest BCUT2D eigenvalue weighted by Crippen LogP contribution is -2.24. The number of anilines is 3. The number of pyridine rings is 1. The van der Waals surface area contributed by atoms with Crippen LogP contribution in [0.15, 0.2) is 121 Å². The van der Waals surface area contributed by atoms with Crippen LogP contribution in [0.25, 0.3) is 27.6 Å². The van der Waals surface area contributed by atoms with E-state index in [-0.39, 0.29) is 16.8 Å². The van der Waals surface area contributed by atoms with Gasteiger partial charge in [-0.25, -0.2) is 0 Å². The molecule has 248 valence electrons. The molecule has 1 aromatic heterocycles. The van der Waals surface area contributed by atoms with E-state index < -0.39 is 11.3 Å². The molecule has 1 aliphatic rings. The molecule has 1 atom stereocenters. The van der Waals surface area contributed by atoms with E-state index in [0.29, 0.717) is 55.9 Å². The first-order chi connectivity index (χ1) is 24.0. The highest BCUT2D eigenvalue weighted by molar-refractivity contribution is 7.18. The van der Waals surface area contributed by atoms with E-state index in [9.17, 15) is 14.4 Å². The number of carbonyl (C=O) groups is 2. The Morgan fingerprint density at radius 3 is 2.10 bits per heavy atom. The van der Waals surface area contributed by atoms with Gasteiger partial charge in [0.2, 0.25) is 0 Å². The highest BCUT2D eigenvalue weighted by Crippen LogP contribution is 2.47. The summed E-state index contributed by atoms with van der Waals surface area (Å²) in [6.07, 6.45) is 0.839. The molecule has 1 unspecified atom stereocenters. The Morgan fingerprint density at radius 1 is 0.800 bits per heavy atom. The zero-order valence-electron chi connectivity index (χ0n) is 28.0. The molecule has 5 aromatic carbocycles. The van der Waals surface area contributed by atoms with Gasteiger partial charge in [-0.15, -0.1) is 0 Å². The number of H-pyrrole nitrogens is 1. The Kier molecular flexibility index (Phi) is 8.46. The van der Waals surface area contributed by atoms with Gasteiger partial charge >= 0.3 is 0 Å². The van der Waals surface area contributed by atoms with E-state index in [2.05, 4.69) is 52.1 Å². The van der Waals surface area contributed by atoms with Crippen molar-refractivity contribution in [2.75, 3.05) is 10.4 Å². The summed E-state index contributed by atoms with van der Waals surface area (Å²) in [5.74, 6) is 0.178. The molecule has 1 heterocycles. The molecular weight excluding hydrogens is 641 g/mol. The predicted octanol–water partition coefficient (Wildman–Crippen LogP) is 10.2. The summed E-state index contributed by atoms with van der Waals surface area (Å²) in [4.78, 5) is 45.6. The number of benzene rings is 5. The smallest absolute Gasteiger partial charge is 0.260 e. The Labute approximate surface area is 292 Å². The van der Waals surface area contributed by atoms with Crippen LogP contribution in [0.1, 0.15) is 64.6 Å². The molecule has 0 saturated carbocycles. The Balaban J connectivity index is 1.47. The highest BCUT2D eigenvalue weighted by atomic mass is 31.0. The molecule has 1 aliphatic carbocycles. The molecule has 7 rings (SSSR count). The van der Waals surface area contributed by atoms with Crippen LogP contribution in [0.4, 0.5) is 17.1 Å². The molecule has 0 bridgehead atoms. The van der Waals surface area contributed by atoms with Gasteiger partial charge in [0.15, 0.2) is 17.3 Å². The van der Waals surface area contributed by atoms with E-state index in [1.54, 1.807) is 54.6 Å². The largest absolute Gasteiger partial charge is 0.455 e. The van der Waals surface area contributed by atoms with Gasteiger partial charge in [-0.3, -0.25) is 14.4 Å². The number of hydrogen-bond acceptors (Lipinski definition) is 6. The molecule has 0 radical (unpaired) electrons. The predicted molar refractivity (Wildman–Crippen MR) is 206 cm³/mol. The summed E-state index contributed by atoms with van der Waals surface area (Å²) in [5.41, 5.74) is 5.95. The van der Waals surface area contributed by atoms with Gasteiger partial charge in [-0.1, -0.05) is 94.1 Å². The van der Waals surface area contributed by atoms with Gasteiger partial charge < -0.3 is 20.1 Å². The van der Waals surface area contributed by atoms with Crippen LogP contribution in [0.5, 0.6) is 11.5 Å². The fourth-order valence-corrected chi connectivity index (χ4v) is 6.74. The first kappa shape index (κ1) is 32.8. The van der Waals surface area contributed by atoms with Crippen LogP contribution in [-0.4, -0.2) is 16.6 Å². The van der Waals surface area contributed by atoms with Gasteiger partial charge in [-0.2, -0.15) is 0 Å². The second-order valence-electron chi connectivity index (χ2n) is 13.6. The standard InChI is InChI=1S/C42H36N3O4P/c1-24(23-42(2,3)4)25-14-20-29(21-15-25)49-33-22-32(43-27-16-18-28(45-50)19-17-27)35-36-34(30-12-8-9-13-31(30)40(35)47)37(41(48)44-38(33)36)39(46)26-10-6-5-7-11-26/h5-22,43,45H,1,23,50H2,2-4H3,(H,44,48). The van der Waals surface area contributed by atoms with E-state index in [4.69, 9.17) is 4.74 Å². The molecule has 7 nitrogen and oxygen atoms in total. The fraction of sp³-hybridized carbons (Fsp3) is 0.119. The van der Waals surface area contributed by atoms with Crippen LogP contribution in [0.2, 0.25) is 0 Å². The molecule has 0 fully saturated rings. The van der Waals surface area contributed by atoms with Gasteiger partial charge in [0.25, 0.3) is 5.56 Å². The van der Waals surface area contributed by atoms with Gasteiger partial charge in [0.05, 0.1) is 22.3 Å². The molecule has 3 N–H and O–H groups in total. The molecule has 50 heavy (non-hydrogen) atoms. The van der Waals surface area contributed by atoms with Crippen molar-refractivity contribution in [1.29, 1.82) is 0 Å². The van der Waals surface area contributed by atoms with Gasteiger partial charge in [0.1, 0.15) is 5.75 Å². The van der Waals surface area contributed by atoms with Crippen LogP contribution in [0, 0.1) is 5.41 Å². The average molecular weight is 678 g/mol. The minimum absolute atomic E-state index is 0.0365. The maximum Gasteiger partial charge on any atom is 0.260 e. The number of ketones is 2. The number of aromatic amines is 1. The maximum absolute atomic E-state index is 14.4. The summed E-state index contributed by atoms with van der Waals surface area (Å²) in [6, 6.07) is 32.8. The van der Waals surface area contributed by atoms with Crippen molar-refractivity contribution in [3.8, 4) is 22.6 Å². The monoisotopic (exact) mass is 677 g/mol. The number of nitrogens with one attached hydrogen (secondary N) is 3. The number of hydrogen-bond donors (Lipinski definition) is 3. The summed E-state index contributed by atoms with van der Waals surface area (Å²) >= 11 is 0. The van der Waals surface area contributed by atoms with Crippen LogP contribution in [0.3, 0.4) is 0 Å². The number of rotatable bonds is 9. The third kappa shape index (κ3) is 6.13. The third-order valence-electron chi connectivity index (χ3n) is 8.75. The SMILES string of the molecule is C=C(CC(C)(C)C)c1ccc(Oc2cc(Nc3ccc(NP)cc3)c3c4c(c(C(=O)c5ccccc5)c(=O)[nH]c24)-c2ccccc2C3=O)cc1. The molecule has 8 heteroatoms. The van der Waals surface area contributed by atoms with Crippen molar-refractivity contribution in [2.24, 2.45) is 5.41 Å². The lowest BCUT2D eigenvalue weighted by Gasteiger charge is -2.25. The van der Waals surface area contributed by atoms with E-state index in [0.717, 1.165) is 28.9 Å². The molecule has 0 spiro atoms. The van der Waals surface area contributed by atoms with E-state index >= 15 is 0 Å². The highest BCUT2D eigenvalue weighted by Gasteiger charge is 2.34. The van der Waals surface area contributed by atoms with Crippen LogP contribution in [-0.2, 0) is 0 Å². The van der Waals surface area contributed by atoms with Crippen molar-refractivity contribution < 1.29 is 14.3 Å². The van der Waals surface area contributed by atoms with E-state index in [1.165, 1.54) is 0 Å². The van der Waals surface area contributed by atoms with Crippen molar-refractivity contribution in [1.82, 2.24) is 4.98 Å². The Morgan fingerprint density at radius 2 is 1.44 bits per heavy atom. The maximum atomic E-state index is 14.4. The third-order valence-corrected chi connectivity index (χ3v) is 9.09. The first-order valence-electron chi connectivity index (χ1n) is 16.3. The lowest BCUT2D eigenvalue weighted by atomic mass is 9.80. The number of fused-ring (bicyclic) bond motifs is 2. The van der Waals surface area contributed by atoms with Crippen molar-refractivity contribution in [3.05, 3.63) is 154 Å². The Bertz CT molecular complexity index is 2370. The van der Waals surface area contributed by atoms with Gasteiger partial charge in [-0.05, 0) is 74.3 Å². The molecule has 0 amide bonds. The number of carbonyl (C=O) groups excluding carboxylic acids is 2. The molecular formula is C42H36N3O4P. The fourth-order valence-electron chi connectivity index (χ4n) is 6.55. The number of ether oxygens (including phenoxy) is 1. The molecule has 0 saturated heterocycles. The van der Waals surface area contributed by atoms with Gasteiger partial charge in [0, 0.05) is 39.5 Å². The molecule has 6 aromatic rings. The zero-order chi connectivity index (χ0) is 35.2. The number of allylic oxidation sites excluding steroid dienone is 1. The van der Waals surface area contributed by atoms with Crippen molar-refractivity contribution >= 4 is 54.5 Å². The number of aromatic nitrogens is 1. The first-order valence-corrected chi connectivity index (χ1v) is 16.9. The van der Waals surface area contributed by atoms with Crippen molar-refractivity contribution in [2.45, 2.75) is 27.2 Å². The van der Waals surface area contributed by atoms with Crippen LogP contribution < -0.4 is 20.7 Å². The zero-order valence-corrected chi connectivity index (χ0v) is 29.2. The summed E-state index contributed by atoms with van der Waals surface area (Å²) in [5, 5.41) is 6.91. The minimum Gasteiger partial charge on any atom is -0.455 e. The van der Waals surface area contributed by atoms with Crippen LogP contribution >= 0.6 is 9.39 Å². The molecule has 0 aliphatic heterocycles. The summed E-state index contributed by atoms with van der Waals surface area (Å²) in [7, 11) is 2.47. The van der Waals surface area contributed by atoms with Crippen molar-refractivity contribution in [3.63, 3.8) is 0 Å².